The summed E-state index contributed by atoms with van der Waals surface area (Å²) in [6.07, 6.45) is 3.43. The van der Waals surface area contributed by atoms with E-state index in [0.29, 0.717) is 6.54 Å². The molecule has 86 valence electrons. The fourth-order valence-electron chi connectivity index (χ4n) is 1.56. The molecule has 2 aromatic heterocycles. The Balaban J connectivity index is 1.92. The van der Waals surface area contributed by atoms with Gasteiger partial charge in [0, 0.05) is 6.54 Å². The summed E-state index contributed by atoms with van der Waals surface area (Å²) in [7, 11) is 0. The number of hydrogen-bond acceptors (Lipinski definition) is 4. The molecule has 2 heterocycles. The fourth-order valence-corrected chi connectivity index (χ4v) is 1.56. The Morgan fingerprint density at radius 2 is 2.44 bits per heavy atom. The molecule has 0 aliphatic carbocycles. The summed E-state index contributed by atoms with van der Waals surface area (Å²) in [4.78, 5) is 0. The summed E-state index contributed by atoms with van der Waals surface area (Å²) in [5, 5.41) is 11.3. The second-order valence-corrected chi connectivity index (χ2v) is 3.65. The van der Waals surface area contributed by atoms with E-state index in [4.69, 9.17) is 4.42 Å². The van der Waals surface area contributed by atoms with E-state index in [1.54, 1.807) is 12.6 Å². The second kappa shape index (κ2) is 4.94. The Labute approximate surface area is 94.5 Å². The SMILES string of the molecule is CCn1cnnc1CNC(C)c1ccco1. The Hall–Kier alpha value is -1.62. The number of nitrogens with one attached hydrogen (secondary N) is 1. The lowest BCUT2D eigenvalue weighted by Crippen LogP contribution is -2.20. The van der Waals surface area contributed by atoms with E-state index in [9.17, 15) is 0 Å². The molecule has 0 spiro atoms. The molecule has 5 heteroatoms. The number of aryl methyl sites for hydroxylation is 1. The molecule has 5 nitrogen and oxygen atoms in total. The van der Waals surface area contributed by atoms with Crippen LogP contribution in [0.25, 0.3) is 0 Å². The normalized spacial score (nSPS) is 12.9. The molecule has 2 aromatic rings. The molecule has 0 aliphatic heterocycles. The van der Waals surface area contributed by atoms with Crippen LogP contribution < -0.4 is 5.32 Å². The Morgan fingerprint density at radius 1 is 1.56 bits per heavy atom. The third-order valence-electron chi connectivity index (χ3n) is 2.57. The van der Waals surface area contributed by atoms with Crippen LogP contribution in [-0.2, 0) is 13.1 Å². The van der Waals surface area contributed by atoms with Crippen molar-refractivity contribution in [3.63, 3.8) is 0 Å². The maximum Gasteiger partial charge on any atom is 0.146 e. The molecule has 16 heavy (non-hydrogen) atoms. The molecule has 0 saturated heterocycles. The zero-order chi connectivity index (χ0) is 11.4. The summed E-state index contributed by atoms with van der Waals surface area (Å²) in [5.41, 5.74) is 0. The molecule has 1 N–H and O–H groups in total. The van der Waals surface area contributed by atoms with Crippen molar-refractivity contribution in [2.24, 2.45) is 0 Å². The molecule has 0 bridgehead atoms. The Bertz CT molecular complexity index is 421. The predicted molar refractivity (Wildman–Crippen MR) is 59.7 cm³/mol. The minimum Gasteiger partial charge on any atom is -0.468 e. The molecule has 0 amide bonds. The first-order chi connectivity index (χ1) is 7.81. The molecule has 0 radical (unpaired) electrons. The average molecular weight is 220 g/mol. The standard InChI is InChI=1S/C11H16N4O/c1-3-15-8-13-14-11(15)7-12-9(2)10-5-4-6-16-10/h4-6,8-9,12H,3,7H2,1-2H3. The van der Waals surface area contributed by atoms with E-state index in [2.05, 4.69) is 29.4 Å². The summed E-state index contributed by atoms with van der Waals surface area (Å²) in [5.74, 6) is 1.88. The molecular formula is C11H16N4O. The third kappa shape index (κ3) is 2.30. The van der Waals surface area contributed by atoms with Crippen molar-refractivity contribution in [3.05, 3.63) is 36.3 Å². The number of aromatic nitrogens is 3. The van der Waals surface area contributed by atoms with Gasteiger partial charge in [0.1, 0.15) is 17.9 Å². The predicted octanol–water partition coefficient (Wildman–Crippen LogP) is 1.74. The molecule has 0 fully saturated rings. The quantitative estimate of drug-likeness (QED) is 0.834. The second-order valence-electron chi connectivity index (χ2n) is 3.65. The zero-order valence-electron chi connectivity index (χ0n) is 9.55. The van der Waals surface area contributed by atoms with Crippen molar-refractivity contribution in [3.8, 4) is 0 Å². The maximum atomic E-state index is 5.32. The van der Waals surface area contributed by atoms with Crippen LogP contribution in [0.5, 0.6) is 0 Å². The van der Waals surface area contributed by atoms with Gasteiger partial charge in [0.15, 0.2) is 0 Å². The highest BCUT2D eigenvalue weighted by Gasteiger charge is 2.09. The van der Waals surface area contributed by atoms with Crippen molar-refractivity contribution in [1.82, 2.24) is 20.1 Å². The number of furan rings is 1. The summed E-state index contributed by atoms with van der Waals surface area (Å²) < 4.78 is 7.33. The van der Waals surface area contributed by atoms with E-state index in [1.165, 1.54) is 0 Å². The highest BCUT2D eigenvalue weighted by molar-refractivity contribution is 5.03. The van der Waals surface area contributed by atoms with Crippen LogP contribution in [0, 0.1) is 0 Å². The fraction of sp³-hybridized carbons (Fsp3) is 0.455. The number of hydrogen-bond donors (Lipinski definition) is 1. The highest BCUT2D eigenvalue weighted by Crippen LogP contribution is 2.12. The minimum atomic E-state index is 0.178. The van der Waals surface area contributed by atoms with E-state index >= 15 is 0 Å². The molecule has 1 atom stereocenters. The van der Waals surface area contributed by atoms with Crippen molar-refractivity contribution in [2.45, 2.75) is 33.0 Å². The van der Waals surface area contributed by atoms with Crippen LogP contribution in [0.15, 0.2) is 29.1 Å². The average Bonchev–Trinajstić information content (AvgIpc) is 2.96. The first-order valence-corrected chi connectivity index (χ1v) is 5.44. The largest absolute Gasteiger partial charge is 0.468 e. The van der Waals surface area contributed by atoms with Crippen molar-refractivity contribution >= 4 is 0 Å². The first kappa shape index (κ1) is 10.9. The molecule has 1 unspecified atom stereocenters. The van der Waals surface area contributed by atoms with E-state index < -0.39 is 0 Å². The Morgan fingerprint density at radius 3 is 3.12 bits per heavy atom. The van der Waals surface area contributed by atoms with E-state index in [1.807, 2.05) is 16.7 Å². The molecule has 0 saturated carbocycles. The van der Waals surface area contributed by atoms with Crippen LogP contribution >= 0.6 is 0 Å². The summed E-state index contributed by atoms with van der Waals surface area (Å²) in [6.45, 7) is 5.71. The van der Waals surface area contributed by atoms with Gasteiger partial charge in [0.25, 0.3) is 0 Å². The van der Waals surface area contributed by atoms with Crippen molar-refractivity contribution in [2.75, 3.05) is 0 Å². The van der Waals surface area contributed by atoms with E-state index in [-0.39, 0.29) is 6.04 Å². The Kier molecular flexibility index (Phi) is 3.36. The molecular weight excluding hydrogens is 204 g/mol. The molecule has 0 aromatic carbocycles. The van der Waals surface area contributed by atoms with Crippen molar-refractivity contribution < 1.29 is 4.42 Å². The van der Waals surface area contributed by atoms with Gasteiger partial charge < -0.3 is 14.3 Å². The summed E-state index contributed by atoms with van der Waals surface area (Å²) in [6, 6.07) is 4.03. The monoisotopic (exact) mass is 220 g/mol. The van der Waals surface area contributed by atoms with Gasteiger partial charge in [-0.05, 0) is 26.0 Å². The van der Waals surface area contributed by atoms with Crippen LogP contribution in [0.4, 0.5) is 0 Å². The van der Waals surface area contributed by atoms with Crippen LogP contribution in [0.3, 0.4) is 0 Å². The van der Waals surface area contributed by atoms with Gasteiger partial charge in [-0.15, -0.1) is 10.2 Å². The van der Waals surface area contributed by atoms with Gasteiger partial charge in [-0.25, -0.2) is 0 Å². The van der Waals surface area contributed by atoms with Gasteiger partial charge in [0.2, 0.25) is 0 Å². The number of nitrogens with zero attached hydrogens (tertiary/aromatic N) is 3. The van der Waals surface area contributed by atoms with Gasteiger partial charge in [-0.3, -0.25) is 0 Å². The van der Waals surface area contributed by atoms with Crippen LogP contribution in [0.2, 0.25) is 0 Å². The van der Waals surface area contributed by atoms with Crippen molar-refractivity contribution in [1.29, 1.82) is 0 Å². The highest BCUT2D eigenvalue weighted by atomic mass is 16.3. The van der Waals surface area contributed by atoms with Gasteiger partial charge in [0.05, 0.1) is 18.8 Å². The van der Waals surface area contributed by atoms with E-state index in [0.717, 1.165) is 18.1 Å². The maximum absolute atomic E-state index is 5.32. The molecule has 0 aliphatic rings. The lowest BCUT2D eigenvalue weighted by atomic mass is 10.2. The first-order valence-electron chi connectivity index (χ1n) is 5.44. The van der Waals surface area contributed by atoms with Crippen LogP contribution in [-0.4, -0.2) is 14.8 Å². The van der Waals surface area contributed by atoms with Gasteiger partial charge in [-0.1, -0.05) is 0 Å². The summed E-state index contributed by atoms with van der Waals surface area (Å²) >= 11 is 0. The smallest absolute Gasteiger partial charge is 0.146 e. The lowest BCUT2D eigenvalue weighted by Gasteiger charge is -2.10. The van der Waals surface area contributed by atoms with Gasteiger partial charge >= 0.3 is 0 Å². The van der Waals surface area contributed by atoms with Crippen LogP contribution in [0.1, 0.15) is 31.5 Å². The minimum absolute atomic E-state index is 0.178. The third-order valence-corrected chi connectivity index (χ3v) is 2.57. The topological polar surface area (TPSA) is 55.9 Å². The lowest BCUT2D eigenvalue weighted by molar-refractivity contribution is 0.423. The number of rotatable bonds is 5. The van der Waals surface area contributed by atoms with Gasteiger partial charge in [-0.2, -0.15) is 0 Å². The molecule has 2 rings (SSSR count). The zero-order valence-corrected chi connectivity index (χ0v) is 9.55.